The van der Waals surface area contributed by atoms with Crippen LogP contribution < -0.4 is 10.6 Å². The van der Waals surface area contributed by atoms with Gasteiger partial charge in [0.25, 0.3) is 0 Å². The van der Waals surface area contributed by atoms with Crippen LogP contribution in [0.1, 0.15) is 74.1 Å². The van der Waals surface area contributed by atoms with Crippen LogP contribution in [0.15, 0.2) is 42.5 Å². The van der Waals surface area contributed by atoms with Gasteiger partial charge in [-0.1, -0.05) is 37.0 Å². The summed E-state index contributed by atoms with van der Waals surface area (Å²) in [5, 5.41) is 27.9. The number of hydrogen-bond donors (Lipinski definition) is 4. The van der Waals surface area contributed by atoms with Crippen molar-refractivity contribution < 1.29 is 15.0 Å². The number of nitrogens with one attached hydrogen (secondary N) is 2. The highest BCUT2D eigenvalue weighted by Crippen LogP contribution is 2.64. The number of aromatic hydroxyl groups is 1. The van der Waals surface area contributed by atoms with Crippen molar-refractivity contribution in [3.63, 3.8) is 0 Å². The number of benzene rings is 2. The zero-order valence-electron chi connectivity index (χ0n) is 21.4. The molecule has 2 fully saturated rings. The molecule has 2 aromatic rings. The number of fused-ring (bicyclic) bond motifs is 5. The molecule has 0 bridgehead atoms. The second kappa shape index (κ2) is 9.92. The molecule has 3 aliphatic carbocycles. The Morgan fingerprint density at radius 1 is 1.08 bits per heavy atom. The van der Waals surface area contributed by atoms with E-state index in [1.165, 1.54) is 23.6 Å². The minimum atomic E-state index is -0.957. The lowest BCUT2D eigenvalue weighted by atomic mass is 9.53. The predicted molar refractivity (Wildman–Crippen MR) is 141 cm³/mol. The molecule has 190 valence electrons. The molecular weight excluding hydrogens is 448 g/mol. The van der Waals surface area contributed by atoms with Crippen LogP contribution in [0.4, 0.5) is 0 Å². The van der Waals surface area contributed by atoms with Gasteiger partial charge < -0.3 is 20.8 Å². The van der Waals surface area contributed by atoms with E-state index >= 15 is 0 Å². The van der Waals surface area contributed by atoms with E-state index in [0.29, 0.717) is 30.0 Å². The third kappa shape index (κ3) is 4.65. The van der Waals surface area contributed by atoms with Crippen LogP contribution >= 0.6 is 0 Å². The number of amides is 1. The Labute approximate surface area is 214 Å². The molecule has 0 saturated heterocycles. The van der Waals surface area contributed by atoms with Gasteiger partial charge in [0.05, 0.1) is 0 Å². The predicted octanol–water partition coefficient (Wildman–Crippen LogP) is 4.26. The number of phenolic OH excluding ortho intramolecular Hbond substituents is 1. The highest BCUT2D eigenvalue weighted by molar-refractivity contribution is 5.72. The second-order valence-electron chi connectivity index (χ2n) is 11.3. The van der Waals surface area contributed by atoms with Crippen LogP contribution in [-0.2, 0) is 17.8 Å². The largest absolute Gasteiger partial charge is 0.508 e. The molecular formula is C31H38N2O3. The van der Waals surface area contributed by atoms with Gasteiger partial charge in [-0.3, -0.25) is 4.79 Å². The zero-order valence-corrected chi connectivity index (χ0v) is 21.4. The lowest BCUT2D eigenvalue weighted by molar-refractivity contribution is -0.118. The van der Waals surface area contributed by atoms with Gasteiger partial charge >= 0.3 is 0 Å². The fourth-order valence-corrected chi connectivity index (χ4v) is 7.23. The van der Waals surface area contributed by atoms with Crippen LogP contribution in [0.2, 0.25) is 0 Å². The first kappa shape index (κ1) is 24.9. The van der Waals surface area contributed by atoms with Gasteiger partial charge in [0, 0.05) is 37.5 Å². The molecule has 2 saturated carbocycles. The lowest BCUT2D eigenvalue weighted by Gasteiger charge is -2.52. The number of aliphatic hydroxyl groups is 1. The van der Waals surface area contributed by atoms with Gasteiger partial charge in [0.1, 0.15) is 11.4 Å². The summed E-state index contributed by atoms with van der Waals surface area (Å²) in [4.78, 5) is 10.9. The number of carbonyl (C=O) groups excluding carboxylic acids is 1. The van der Waals surface area contributed by atoms with Crippen molar-refractivity contribution in [3.8, 4) is 17.6 Å². The quantitative estimate of drug-likeness (QED) is 0.376. The highest BCUT2D eigenvalue weighted by Gasteiger charge is 2.61. The number of phenols is 1. The summed E-state index contributed by atoms with van der Waals surface area (Å²) in [6.07, 6.45) is 5.96. The van der Waals surface area contributed by atoms with Crippen LogP contribution in [0.25, 0.3) is 0 Å². The first-order valence-electron chi connectivity index (χ1n) is 13.4. The summed E-state index contributed by atoms with van der Waals surface area (Å²) in [7, 11) is 0. The third-order valence-electron chi connectivity index (χ3n) is 9.23. The highest BCUT2D eigenvalue weighted by atomic mass is 16.3. The molecule has 1 amide bonds. The van der Waals surface area contributed by atoms with Crippen LogP contribution in [0.3, 0.4) is 0 Å². The minimum Gasteiger partial charge on any atom is -0.508 e. The molecule has 5 nitrogen and oxygen atoms in total. The van der Waals surface area contributed by atoms with Gasteiger partial charge in [-0.05, 0) is 97.2 Å². The Kier molecular flexibility index (Phi) is 6.85. The minimum absolute atomic E-state index is 0.0120. The fourth-order valence-electron chi connectivity index (χ4n) is 7.23. The van der Waals surface area contributed by atoms with E-state index in [2.05, 4.69) is 47.6 Å². The van der Waals surface area contributed by atoms with Gasteiger partial charge in [-0.2, -0.15) is 0 Å². The first-order valence-corrected chi connectivity index (χ1v) is 13.4. The summed E-state index contributed by atoms with van der Waals surface area (Å²) in [5.74, 6) is 8.58. The molecule has 5 heteroatoms. The Morgan fingerprint density at radius 3 is 2.67 bits per heavy atom. The van der Waals surface area contributed by atoms with Gasteiger partial charge in [-0.15, -0.1) is 0 Å². The first-order chi connectivity index (χ1) is 17.3. The molecule has 0 heterocycles. The summed E-state index contributed by atoms with van der Waals surface area (Å²) >= 11 is 0. The smallest absolute Gasteiger partial charge is 0.216 e. The van der Waals surface area contributed by atoms with Crippen molar-refractivity contribution in [1.29, 1.82) is 0 Å². The van der Waals surface area contributed by atoms with Crippen molar-refractivity contribution in [2.45, 2.75) is 70.4 Å². The number of hydrogen-bond acceptors (Lipinski definition) is 4. The summed E-state index contributed by atoms with van der Waals surface area (Å²) in [6, 6.07) is 14.1. The maximum absolute atomic E-state index is 11.8. The number of rotatable bonds is 5. The molecule has 0 spiro atoms. The van der Waals surface area contributed by atoms with Crippen molar-refractivity contribution in [1.82, 2.24) is 10.6 Å². The molecule has 36 heavy (non-hydrogen) atoms. The molecule has 4 N–H and O–H groups in total. The molecule has 5 rings (SSSR count). The van der Waals surface area contributed by atoms with Crippen LogP contribution in [-0.4, -0.2) is 34.8 Å². The standard InChI is InChI=1S/C31H38N2O3/c1-21(34)33-18-17-32-20-23-5-3-22(4-6-23)11-15-31(36)16-13-29-28-9-7-24-19-25(35)8-10-26(24)27(28)12-14-30(29,31)2/h3-6,8,10,19,27-29,32,35-36H,7,9,12-14,16-18,20H2,1-2H3,(H,33,34)/t27-,28-,29+,30+,31+/m1/s1. The topological polar surface area (TPSA) is 81.6 Å². The lowest BCUT2D eigenvalue weighted by Crippen LogP contribution is -2.50. The van der Waals surface area contributed by atoms with Crippen molar-refractivity contribution in [2.24, 2.45) is 17.3 Å². The normalized spacial score (nSPS) is 30.4. The zero-order chi connectivity index (χ0) is 25.3. The van der Waals surface area contributed by atoms with Crippen molar-refractivity contribution in [3.05, 3.63) is 64.7 Å². The summed E-state index contributed by atoms with van der Waals surface area (Å²) in [5.41, 5.74) is 3.67. The van der Waals surface area contributed by atoms with E-state index in [9.17, 15) is 15.0 Å². The Hall–Kier alpha value is -2.81. The van der Waals surface area contributed by atoms with Crippen LogP contribution in [0.5, 0.6) is 5.75 Å². The Morgan fingerprint density at radius 2 is 1.89 bits per heavy atom. The molecule has 0 aliphatic heterocycles. The second-order valence-corrected chi connectivity index (χ2v) is 11.3. The molecule has 3 aliphatic rings. The van der Waals surface area contributed by atoms with E-state index in [1.54, 1.807) is 0 Å². The monoisotopic (exact) mass is 486 g/mol. The molecule has 0 unspecified atom stereocenters. The molecule has 5 atom stereocenters. The molecule has 0 aromatic heterocycles. The van der Waals surface area contributed by atoms with E-state index < -0.39 is 5.60 Å². The number of carbonyl (C=O) groups is 1. The average Bonchev–Trinajstić information content (AvgIpc) is 3.13. The maximum Gasteiger partial charge on any atom is 0.216 e. The SMILES string of the molecule is CC(=O)NCCNCc1ccc(C#C[C@]2(O)CC[C@H]3[C@@H]4CCc5cc(O)ccc5[C@H]4CC[C@@]32C)cc1. The molecule has 0 radical (unpaired) electrons. The maximum atomic E-state index is 11.8. The fraction of sp³-hybridized carbons (Fsp3) is 0.516. The van der Waals surface area contributed by atoms with Gasteiger partial charge in [0.2, 0.25) is 5.91 Å². The Bertz CT molecular complexity index is 1180. The average molecular weight is 487 g/mol. The third-order valence-corrected chi connectivity index (χ3v) is 9.23. The van der Waals surface area contributed by atoms with Crippen molar-refractivity contribution in [2.75, 3.05) is 13.1 Å². The van der Waals surface area contributed by atoms with Gasteiger partial charge in [-0.25, -0.2) is 0 Å². The van der Waals surface area contributed by atoms with E-state index in [-0.39, 0.29) is 11.3 Å². The van der Waals surface area contributed by atoms with Crippen LogP contribution in [0, 0.1) is 29.1 Å². The van der Waals surface area contributed by atoms with Crippen molar-refractivity contribution >= 4 is 5.91 Å². The summed E-state index contributed by atoms with van der Waals surface area (Å²) in [6.45, 7) is 5.88. The van der Waals surface area contributed by atoms with E-state index in [0.717, 1.165) is 57.2 Å². The molecule has 2 aromatic carbocycles. The van der Waals surface area contributed by atoms with E-state index in [4.69, 9.17) is 0 Å². The Balaban J connectivity index is 1.25. The number of aryl methyl sites for hydroxylation is 1. The van der Waals surface area contributed by atoms with E-state index in [1.807, 2.05) is 24.3 Å². The van der Waals surface area contributed by atoms with Gasteiger partial charge in [0.15, 0.2) is 0 Å². The summed E-state index contributed by atoms with van der Waals surface area (Å²) < 4.78 is 0.